The lowest BCUT2D eigenvalue weighted by Crippen LogP contribution is -2.38. The second-order valence-corrected chi connectivity index (χ2v) is 7.30. The molecule has 3 rings (SSSR count). The van der Waals surface area contributed by atoms with Crippen molar-refractivity contribution in [3.8, 4) is 0 Å². The van der Waals surface area contributed by atoms with E-state index in [0.29, 0.717) is 0 Å². The Morgan fingerprint density at radius 1 is 1.27 bits per heavy atom. The van der Waals surface area contributed by atoms with Gasteiger partial charge in [-0.15, -0.1) is 0 Å². The van der Waals surface area contributed by atoms with E-state index in [2.05, 4.69) is 9.51 Å². The third-order valence-corrected chi connectivity index (χ3v) is 4.62. The molecular formula is C13H14ClN2O9P. The Bertz CT molecular complexity index is 999. The van der Waals surface area contributed by atoms with Crippen LogP contribution < -0.4 is 11.2 Å². The fraction of sp³-hybridized carbons (Fsp3) is 0.385. The summed E-state index contributed by atoms with van der Waals surface area (Å²) in [7, 11) is -4.82. The first-order chi connectivity index (χ1) is 12.1. The van der Waals surface area contributed by atoms with Crippen LogP contribution in [0.1, 0.15) is 6.23 Å². The van der Waals surface area contributed by atoms with Gasteiger partial charge in [-0.05, 0) is 18.2 Å². The molecule has 142 valence electrons. The lowest BCUT2D eigenvalue weighted by atomic mass is 10.1. The molecule has 0 aliphatic carbocycles. The van der Waals surface area contributed by atoms with Crippen molar-refractivity contribution in [3.63, 3.8) is 0 Å². The molecule has 0 spiro atoms. The highest BCUT2D eigenvalue weighted by atomic mass is 35.5. The molecule has 0 radical (unpaired) electrons. The van der Waals surface area contributed by atoms with Gasteiger partial charge in [0.1, 0.15) is 18.3 Å². The van der Waals surface area contributed by atoms with Crippen LogP contribution in [0.15, 0.2) is 27.8 Å². The zero-order valence-electron chi connectivity index (χ0n) is 12.9. The van der Waals surface area contributed by atoms with Gasteiger partial charge in [0.2, 0.25) is 0 Å². The molecule has 0 saturated carbocycles. The van der Waals surface area contributed by atoms with Gasteiger partial charge in [0, 0.05) is 5.02 Å². The van der Waals surface area contributed by atoms with Crippen LogP contribution >= 0.6 is 19.4 Å². The van der Waals surface area contributed by atoms with Crippen molar-refractivity contribution in [3.05, 3.63) is 44.1 Å². The molecular weight excluding hydrogens is 395 g/mol. The number of phosphoric acid groups is 1. The molecule has 1 fully saturated rings. The molecule has 13 heteroatoms. The number of aliphatic hydroxyl groups is 2. The molecule has 0 amide bonds. The normalized spacial score (nSPS) is 26.5. The molecule has 1 aromatic carbocycles. The van der Waals surface area contributed by atoms with Crippen molar-refractivity contribution < 1.29 is 33.8 Å². The van der Waals surface area contributed by atoms with Crippen LogP contribution in [-0.2, 0) is 13.8 Å². The van der Waals surface area contributed by atoms with E-state index in [1.807, 2.05) is 0 Å². The molecule has 0 bridgehead atoms. The maximum atomic E-state index is 12.2. The quantitative estimate of drug-likeness (QED) is 0.401. The van der Waals surface area contributed by atoms with Crippen molar-refractivity contribution in [1.82, 2.24) is 9.55 Å². The minimum atomic E-state index is -4.82. The smallest absolute Gasteiger partial charge is 0.387 e. The van der Waals surface area contributed by atoms with E-state index in [-0.39, 0.29) is 15.9 Å². The van der Waals surface area contributed by atoms with Crippen molar-refractivity contribution in [2.24, 2.45) is 0 Å². The van der Waals surface area contributed by atoms with Gasteiger partial charge in [0.15, 0.2) is 6.23 Å². The minimum absolute atomic E-state index is 0.0531. The molecule has 2 aromatic rings. The lowest BCUT2D eigenvalue weighted by Gasteiger charge is -2.19. The number of aromatic nitrogens is 2. The molecule has 5 N–H and O–H groups in total. The largest absolute Gasteiger partial charge is 0.469 e. The lowest BCUT2D eigenvalue weighted by molar-refractivity contribution is -0.0520. The number of aliphatic hydroxyl groups excluding tert-OH is 2. The molecule has 4 atom stereocenters. The second-order valence-electron chi connectivity index (χ2n) is 5.62. The number of ether oxygens (including phenoxy) is 1. The average molecular weight is 409 g/mol. The first-order valence-electron chi connectivity index (χ1n) is 7.24. The van der Waals surface area contributed by atoms with Crippen LogP contribution in [0.5, 0.6) is 0 Å². The van der Waals surface area contributed by atoms with Crippen molar-refractivity contribution in [2.45, 2.75) is 24.5 Å². The monoisotopic (exact) mass is 408 g/mol. The molecule has 1 saturated heterocycles. The maximum Gasteiger partial charge on any atom is 0.469 e. The molecule has 11 nitrogen and oxygen atoms in total. The summed E-state index contributed by atoms with van der Waals surface area (Å²) in [6.07, 6.45) is -5.96. The van der Waals surface area contributed by atoms with Gasteiger partial charge in [-0.1, -0.05) is 11.6 Å². The van der Waals surface area contributed by atoms with Crippen molar-refractivity contribution in [2.75, 3.05) is 6.61 Å². The van der Waals surface area contributed by atoms with Crippen LogP contribution in [0, 0.1) is 0 Å². The summed E-state index contributed by atoms with van der Waals surface area (Å²) >= 11 is 5.85. The van der Waals surface area contributed by atoms with Gasteiger partial charge in [0.25, 0.3) is 5.56 Å². The third-order valence-electron chi connectivity index (χ3n) is 3.90. The first-order valence-corrected chi connectivity index (χ1v) is 9.15. The zero-order valence-corrected chi connectivity index (χ0v) is 14.5. The van der Waals surface area contributed by atoms with E-state index in [4.69, 9.17) is 26.1 Å². The zero-order chi connectivity index (χ0) is 19.2. The number of rotatable bonds is 4. The van der Waals surface area contributed by atoms with Gasteiger partial charge in [-0.25, -0.2) is 9.36 Å². The summed E-state index contributed by atoms with van der Waals surface area (Å²) in [6, 6.07) is 4.11. The molecule has 1 unspecified atom stereocenters. The summed E-state index contributed by atoms with van der Waals surface area (Å²) in [5.41, 5.74) is -1.51. The highest BCUT2D eigenvalue weighted by Gasteiger charge is 2.45. The Hall–Kier alpha value is -1.56. The van der Waals surface area contributed by atoms with Gasteiger partial charge in [0.05, 0.1) is 17.5 Å². The predicted octanol–water partition coefficient (Wildman–Crippen LogP) is -0.928. The Labute approximate surface area is 149 Å². The van der Waals surface area contributed by atoms with E-state index in [1.54, 1.807) is 0 Å². The van der Waals surface area contributed by atoms with E-state index in [0.717, 1.165) is 4.57 Å². The number of phosphoric ester groups is 1. The summed E-state index contributed by atoms with van der Waals surface area (Å²) < 4.78 is 21.3. The fourth-order valence-corrected chi connectivity index (χ4v) is 3.25. The van der Waals surface area contributed by atoms with Crippen molar-refractivity contribution in [1.29, 1.82) is 0 Å². The number of nitrogens with one attached hydrogen (secondary N) is 1. The number of hydrogen-bond donors (Lipinski definition) is 5. The summed E-state index contributed by atoms with van der Waals surface area (Å²) in [4.78, 5) is 43.7. The molecule has 1 aromatic heterocycles. The van der Waals surface area contributed by atoms with Crippen LogP contribution in [0.4, 0.5) is 0 Å². The number of hydrogen-bond acceptors (Lipinski definition) is 7. The minimum Gasteiger partial charge on any atom is -0.387 e. The van der Waals surface area contributed by atoms with Crippen LogP contribution in [0.25, 0.3) is 10.9 Å². The fourth-order valence-electron chi connectivity index (χ4n) is 2.74. The van der Waals surface area contributed by atoms with Crippen LogP contribution in [0.3, 0.4) is 0 Å². The van der Waals surface area contributed by atoms with E-state index >= 15 is 0 Å². The van der Waals surface area contributed by atoms with E-state index in [9.17, 15) is 24.4 Å². The predicted molar refractivity (Wildman–Crippen MR) is 87.8 cm³/mol. The average Bonchev–Trinajstić information content (AvgIpc) is 2.81. The summed E-state index contributed by atoms with van der Waals surface area (Å²) in [5.74, 6) is 0. The number of fused-ring (bicyclic) bond motifs is 1. The van der Waals surface area contributed by atoms with Gasteiger partial charge < -0.3 is 24.7 Å². The molecule has 26 heavy (non-hydrogen) atoms. The third kappa shape index (κ3) is 3.61. The first kappa shape index (κ1) is 19.2. The SMILES string of the molecule is O=c1[nH]c(=O)n([C@@H]2O[C@H](COP(=O)(O)O)[C@H](O)C2O)c2ccc(Cl)cc12. The summed E-state index contributed by atoms with van der Waals surface area (Å²) in [6.45, 7) is -0.721. The highest BCUT2D eigenvalue weighted by Crippen LogP contribution is 2.38. The Morgan fingerprint density at radius 2 is 1.96 bits per heavy atom. The molecule has 1 aliphatic heterocycles. The van der Waals surface area contributed by atoms with Gasteiger partial charge in [-0.3, -0.25) is 18.9 Å². The van der Waals surface area contributed by atoms with Crippen LogP contribution in [0.2, 0.25) is 5.02 Å². The van der Waals surface area contributed by atoms with E-state index in [1.165, 1.54) is 18.2 Å². The Kier molecular flexibility index (Phi) is 5.08. The number of halogens is 1. The summed E-state index contributed by atoms with van der Waals surface area (Å²) in [5, 5.41) is 20.5. The van der Waals surface area contributed by atoms with Crippen LogP contribution in [-0.4, -0.2) is 54.5 Å². The Morgan fingerprint density at radius 3 is 2.62 bits per heavy atom. The Balaban J connectivity index is 2.03. The number of aromatic amines is 1. The second kappa shape index (κ2) is 6.87. The highest BCUT2D eigenvalue weighted by molar-refractivity contribution is 7.46. The maximum absolute atomic E-state index is 12.2. The number of H-pyrrole nitrogens is 1. The van der Waals surface area contributed by atoms with Gasteiger partial charge in [-0.2, -0.15) is 0 Å². The standard InChI is InChI=1S/C13H14ClN2O9P/c14-5-1-2-7-6(3-5)11(19)15-13(20)16(7)12-10(18)9(17)8(25-12)4-24-26(21,22)23/h1-3,8-10,12,17-18H,4H2,(H,15,19,20)(H2,21,22,23)/t8-,9+,10?,12-/m1/s1. The molecule has 1 aliphatic rings. The topological polar surface area (TPSA) is 171 Å². The van der Waals surface area contributed by atoms with Crippen molar-refractivity contribution >= 4 is 30.3 Å². The molecule has 2 heterocycles. The van der Waals surface area contributed by atoms with Gasteiger partial charge >= 0.3 is 13.5 Å². The number of benzene rings is 1. The van der Waals surface area contributed by atoms with E-state index < -0.39 is 50.2 Å². The number of nitrogens with zero attached hydrogens (tertiary/aromatic N) is 1.